The lowest BCUT2D eigenvalue weighted by molar-refractivity contribution is -0.137. The monoisotopic (exact) mass is 471 g/mol. The molecule has 0 spiro atoms. The van der Waals surface area contributed by atoms with Crippen LogP contribution in [0.15, 0.2) is 53.4 Å². The van der Waals surface area contributed by atoms with Gasteiger partial charge in [0.2, 0.25) is 15.9 Å². The second-order valence-electron chi connectivity index (χ2n) is 7.34. The molecule has 0 radical (unpaired) electrons. The summed E-state index contributed by atoms with van der Waals surface area (Å²) < 4.78 is 70.8. The SMILES string of the molecule is COc1ccc(S(=O)(=O)N2CCCN(CC(=O)Nc3cccc(C(F)(F)F)c3)CC2)cc1. The van der Waals surface area contributed by atoms with E-state index in [1.165, 1.54) is 35.7 Å². The highest BCUT2D eigenvalue weighted by Crippen LogP contribution is 2.30. The van der Waals surface area contributed by atoms with Crippen LogP contribution < -0.4 is 10.1 Å². The van der Waals surface area contributed by atoms with E-state index in [9.17, 15) is 26.4 Å². The Morgan fingerprint density at radius 2 is 1.78 bits per heavy atom. The van der Waals surface area contributed by atoms with Gasteiger partial charge < -0.3 is 10.1 Å². The molecule has 1 aliphatic rings. The van der Waals surface area contributed by atoms with Crippen molar-refractivity contribution in [2.45, 2.75) is 17.5 Å². The van der Waals surface area contributed by atoms with Crippen molar-refractivity contribution >= 4 is 21.6 Å². The van der Waals surface area contributed by atoms with E-state index >= 15 is 0 Å². The molecule has 32 heavy (non-hydrogen) atoms. The Morgan fingerprint density at radius 3 is 2.44 bits per heavy atom. The zero-order chi connectivity index (χ0) is 23.4. The molecule has 0 aromatic heterocycles. The van der Waals surface area contributed by atoms with Crippen LogP contribution in [0.5, 0.6) is 5.75 Å². The van der Waals surface area contributed by atoms with E-state index in [0.717, 1.165) is 12.1 Å². The Labute approximate surface area is 184 Å². The summed E-state index contributed by atoms with van der Waals surface area (Å²) in [6, 6.07) is 10.6. The number of sulfonamides is 1. The van der Waals surface area contributed by atoms with E-state index in [1.807, 2.05) is 0 Å². The van der Waals surface area contributed by atoms with Crippen LogP contribution >= 0.6 is 0 Å². The molecule has 174 valence electrons. The van der Waals surface area contributed by atoms with Crippen LogP contribution in [0.4, 0.5) is 18.9 Å². The number of ether oxygens (including phenoxy) is 1. The van der Waals surface area contributed by atoms with Gasteiger partial charge in [-0.25, -0.2) is 8.42 Å². The fourth-order valence-electron chi connectivity index (χ4n) is 3.42. The molecule has 0 aliphatic carbocycles. The maximum absolute atomic E-state index is 12.9. The first kappa shape index (κ1) is 24.0. The number of nitrogens with zero attached hydrogens (tertiary/aromatic N) is 2. The van der Waals surface area contributed by atoms with Crippen molar-refractivity contribution in [1.29, 1.82) is 0 Å². The van der Waals surface area contributed by atoms with Gasteiger partial charge in [-0.1, -0.05) is 6.07 Å². The summed E-state index contributed by atoms with van der Waals surface area (Å²) in [5.41, 5.74) is -0.784. The minimum Gasteiger partial charge on any atom is -0.497 e. The van der Waals surface area contributed by atoms with Gasteiger partial charge in [0.15, 0.2) is 0 Å². The van der Waals surface area contributed by atoms with Gasteiger partial charge >= 0.3 is 6.18 Å². The molecule has 0 saturated carbocycles. The van der Waals surface area contributed by atoms with E-state index in [4.69, 9.17) is 4.74 Å². The Balaban J connectivity index is 1.58. The number of amides is 1. The third-order valence-corrected chi connectivity index (χ3v) is 7.00. The number of carbonyl (C=O) groups excluding carboxylic acids is 1. The molecular formula is C21H24F3N3O4S. The molecule has 1 amide bonds. The number of carbonyl (C=O) groups is 1. The molecule has 2 aromatic rings. The summed E-state index contributed by atoms with van der Waals surface area (Å²) in [7, 11) is -2.19. The maximum Gasteiger partial charge on any atom is 0.416 e. The van der Waals surface area contributed by atoms with Crippen molar-refractivity contribution in [2.75, 3.05) is 45.2 Å². The van der Waals surface area contributed by atoms with Gasteiger partial charge in [-0.2, -0.15) is 17.5 Å². The molecule has 1 heterocycles. The van der Waals surface area contributed by atoms with Gasteiger partial charge in [-0.15, -0.1) is 0 Å². The average molecular weight is 472 g/mol. The topological polar surface area (TPSA) is 79.0 Å². The zero-order valence-electron chi connectivity index (χ0n) is 17.4. The standard InChI is InChI=1S/C21H24F3N3O4S/c1-31-18-6-8-19(9-7-18)32(29,30)27-11-3-10-26(12-13-27)15-20(28)25-17-5-2-4-16(14-17)21(22,23)24/h2,4-9,14H,3,10-13,15H2,1H3,(H,25,28). The smallest absolute Gasteiger partial charge is 0.416 e. The molecular weight excluding hydrogens is 447 g/mol. The van der Waals surface area contributed by atoms with Gasteiger partial charge in [-0.05, 0) is 55.4 Å². The van der Waals surface area contributed by atoms with E-state index in [0.29, 0.717) is 31.8 Å². The molecule has 1 aliphatic heterocycles. The molecule has 3 rings (SSSR count). The van der Waals surface area contributed by atoms with Crippen LogP contribution in [0.2, 0.25) is 0 Å². The number of anilines is 1. The molecule has 1 fully saturated rings. The third-order valence-electron chi connectivity index (χ3n) is 5.09. The number of alkyl halides is 3. The fourth-order valence-corrected chi connectivity index (χ4v) is 4.89. The summed E-state index contributed by atoms with van der Waals surface area (Å²) in [6.45, 7) is 1.27. The number of benzene rings is 2. The summed E-state index contributed by atoms with van der Waals surface area (Å²) in [6.07, 6.45) is -3.98. The molecule has 1 N–H and O–H groups in total. The van der Waals surface area contributed by atoms with Gasteiger partial charge in [0.25, 0.3) is 0 Å². The third kappa shape index (κ3) is 5.99. The number of hydrogen-bond donors (Lipinski definition) is 1. The van der Waals surface area contributed by atoms with E-state index < -0.39 is 27.7 Å². The lowest BCUT2D eigenvalue weighted by Crippen LogP contribution is -2.38. The van der Waals surface area contributed by atoms with Gasteiger partial charge in [0.05, 0.1) is 24.1 Å². The number of nitrogens with one attached hydrogen (secondary N) is 1. The van der Waals surface area contributed by atoms with Gasteiger partial charge in [0.1, 0.15) is 5.75 Å². The van der Waals surface area contributed by atoms with Crippen molar-refractivity contribution in [3.05, 3.63) is 54.1 Å². The minimum atomic E-state index is -4.50. The summed E-state index contributed by atoms with van der Waals surface area (Å²) >= 11 is 0. The van der Waals surface area contributed by atoms with Gasteiger partial charge in [-0.3, -0.25) is 9.69 Å². The number of rotatable bonds is 6. The first-order valence-electron chi connectivity index (χ1n) is 9.93. The fraction of sp³-hybridized carbons (Fsp3) is 0.381. The van der Waals surface area contributed by atoms with E-state index in [-0.39, 0.29) is 23.7 Å². The quantitative estimate of drug-likeness (QED) is 0.701. The van der Waals surface area contributed by atoms with Crippen LogP contribution in [-0.4, -0.2) is 63.4 Å². The van der Waals surface area contributed by atoms with Crippen LogP contribution in [0.1, 0.15) is 12.0 Å². The number of methoxy groups -OCH3 is 1. The number of halogens is 3. The van der Waals surface area contributed by atoms with Crippen molar-refractivity contribution in [3.8, 4) is 5.75 Å². The largest absolute Gasteiger partial charge is 0.497 e. The first-order valence-corrected chi connectivity index (χ1v) is 11.4. The van der Waals surface area contributed by atoms with Crippen molar-refractivity contribution in [1.82, 2.24) is 9.21 Å². The van der Waals surface area contributed by atoms with Crippen LogP contribution in [0, 0.1) is 0 Å². The predicted octanol–water partition coefficient (Wildman–Crippen LogP) is 3.05. The van der Waals surface area contributed by atoms with E-state index in [1.54, 1.807) is 17.0 Å². The minimum absolute atomic E-state index is 0.0489. The van der Waals surface area contributed by atoms with Crippen LogP contribution in [0.3, 0.4) is 0 Å². The molecule has 0 unspecified atom stereocenters. The van der Waals surface area contributed by atoms with E-state index in [2.05, 4.69) is 5.32 Å². The Morgan fingerprint density at radius 1 is 1.06 bits per heavy atom. The second kappa shape index (κ2) is 9.88. The summed E-state index contributed by atoms with van der Waals surface area (Å²) in [4.78, 5) is 14.3. The zero-order valence-corrected chi connectivity index (χ0v) is 18.2. The Hall–Kier alpha value is -2.63. The molecule has 11 heteroatoms. The highest BCUT2D eigenvalue weighted by molar-refractivity contribution is 7.89. The van der Waals surface area contributed by atoms with Crippen molar-refractivity contribution in [2.24, 2.45) is 0 Å². The second-order valence-corrected chi connectivity index (χ2v) is 9.27. The van der Waals surface area contributed by atoms with Crippen molar-refractivity contribution < 1.29 is 31.1 Å². The molecule has 1 saturated heterocycles. The normalized spacial score (nSPS) is 16.4. The summed E-state index contributed by atoms with van der Waals surface area (Å²) in [5, 5.41) is 2.48. The maximum atomic E-state index is 12.9. The summed E-state index contributed by atoms with van der Waals surface area (Å²) in [5.74, 6) is 0.0913. The average Bonchev–Trinajstić information content (AvgIpc) is 2.99. The van der Waals surface area contributed by atoms with Crippen LogP contribution in [0.25, 0.3) is 0 Å². The Bertz CT molecular complexity index is 1040. The lowest BCUT2D eigenvalue weighted by atomic mass is 10.2. The van der Waals surface area contributed by atoms with Gasteiger partial charge in [0, 0.05) is 25.3 Å². The molecule has 0 atom stereocenters. The first-order chi connectivity index (χ1) is 15.1. The highest BCUT2D eigenvalue weighted by atomic mass is 32.2. The highest BCUT2D eigenvalue weighted by Gasteiger charge is 2.31. The van der Waals surface area contributed by atoms with Crippen LogP contribution in [-0.2, 0) is 21.0 Å². The molecule has 2 aromatic carbocycles. The lowest BCUT2D eigenvalue weighted by Gasteiger charge is -2.21. The molecule has 0 bridgehead atoms. The molecule has 7 nitrogen and oxygen atoms in total. The Kier molecular flexibility index (Phi) is 7.42. The number of hydrogen-bond acceptors (Lipinski definition) is 5. The predicted molar refractivity (Wildman–Crippen MR) is 113 cm³/mol. The van der Waals surface area contributed by atoms with Crippen molar-refractivity contribution in [3.63, 3.8) is 0 Å².